The van der Waals surface area contributed by atoms with Crippen molar-refractivity contribution in [2.24, 2.45) is 0 Å². The Bertz CT molecular complexity index is 958. The molecule has 132 valence electrons. The first kappa shape index (κ1) is 17.8. The number of aromatic nitrogens is 3. The Kier molecular flexibility index (Phi) is 5.43. The van der Waals surface area contributed by atoms with E-state index in [-0.39, 0.29) is 11.5 Å². The highest BCUT2D eigenvalue weighted by molar-refractivity contribution is 7.98. The van der Waals surface area contributed by atoms with E-state index in [1.807, 2.05) is 6.07 Å². The van der Waals surface area contributed by atoms with E-state index in [4.69, 9.17) is 0 Å². The van der Waals surface area contributed by atoms with Crippen molar-refractivity contribution in [2.75, 3.05) is 0 Å². The Labute approximate surface area is 153 Å². The van der Waals surface area contributed by atoms with Gasteiger partial charge in [-0.25, -0.2) is 4.39 Å². The van der Waals surface area contributed by atoms with Crippen LogP contribution in [0.1, 0.15) is 5.56 Å². The molecule has 0 aliphatic carbocycles. The first-order valence-corrected chi connectivity index (χ1v) is 8.74. The molecule has 8 heteroatoms. The maximum Gasteiger partial charge on any atom is 0.269 e. The highest BCUT2D eigenvalue weighted by Crippen LogP contribution is 2.28. The van der Waals surface area contributed by atoms with Crippen LogP contribution in [0, 0.1) is 15.9 Å². The van der Waals surface area contributed by atoms with Crippen molar-refractivity contribution in [1.82, 2.24) is 14.8 Å². The summed E-state index contributed by atoms with van der Waals surface area (Å²) in [6, 6.07) is 12.8. The van der Waals surface area contributed by atoms with Crippen molar-refractivity contribution in [2.45, 2.75) is 17.5 Å². The van der Waals surface area contributed by atoms with Crippen molar-refractivity contribution in [3.8, 4) is 11.4 Å². The van der Waals surface area contributed by atoms with Gasteiger partial charge < -0.3 is 0 Å². The number of rotatable bonds is 7. The fourth-order valence-corrected chi connectivity index (χ4v) is 3.33. The molecule has 0 aliphatic rings. The van der Waals surface area contributed by atoms with E-state index in [9.17, 15) is 14.5 Å². The van der Waals surface area contributed by atoms with Gasteiger partial charge in [0.2, 0.25) is 0 Å². The fourth-order valence-electron chi connectivity index (χ4n) is 2.44. The predicted octanol–water partition coefficient (Wildman–Crippen LogP) is 4.47. The summed E-state index contributed by atoms with van der Waals surface area (Å²) in [6.45, 7) is 4.15. The quantitative estimate of drug-likeness (QED) is 0.265. The van der Waals surface area contributed by atoms with Crippen LogP contribution in [0.2, 0.25) is 0 Å². The van der Waals surface area contributed by atoms with Gasteiger partial charge in [0.15, 0.2) is 11.0 Å². The first-order valence-electron chi connectivity index (χ1n) is 7.75. The number of hydrogen-bond acceptors (Lipinski definition) is 5. The Morgan fingerprint density at radius 1 is 1.23 bits per heavy atom. The van der Waals surface area contributed by atoms with E-state index < -0.39 is 4.92 Å². The van der Waals surface area contributed by atoms with Gasteiger partial charge in [-0.05, 0) is 17.7 Å². The molecule has 0 N–H and O–H groups in total. The van der Waals surface area contributed by atoms with Crippen LogP contribution in [-0.4, -0.2) is 19.7 Å². The second-order valence-corrected chi connectivity index (χ2v) is 6.34. The van der Waals surface area contributed by atoms with Crippen LogP contribution in [0.4, 0.5) is 10.1 Å². The maximum absolute atomic E-state index is 14.1. The van der Waals surface area contributed by atoms with Gasteiger partial charge in [0.25, 0.3) is 5.69 Å². The molecule has 0 amide bonds. The largest absolute Gasteiger partial charge is 0.298 e. The van der Waals surface area contributed by atoms with E-state index in [0.717, 1.165) is 5.56 Å². The summed E-state index contributed by atoms with van der Waals surface area (Å²) in [7, 11) is 0. The van der Waals surface area contributed by atoms with Gasteiger partial charge in [-0.2, -0.15) is 0 Å². The molecule has 0 bridgehead atoms. The molecule has 1 heterocycles. The number of non-ortho nitro benzene ring substituents is 1. The molecule has 0 fully saturated rings. The smallest absolute Gasteiger partial charge is 0.269 e. The SMILES string of the molecule is C=CCn1c(SCc2cccc([N+](=O)[O-])c2)nnc1-c1ccccc1F. The van der Waals surface area contributed by atoms with Gasteiger partial charge >= 0.3 is 0 Å². The van der Waals surface area contributed by atoms with Gasteiger partial charge in [-0.15, -0.1) is 16.8 Å². The lowest BCUT2D eigenvalue weighted by Gasteiger charge is -2.08. The topological polar surface area (TPSA) is 73.8 Å². The molecule has 3 rings (SSSR count). The van der Waals surface area contributed by atoms with Crippen LogP contribution in [0.25, 0.3) is 11.4 Å². The average molecular weight is 370 g/mol. The van der Waals surface area contributed by atoms with E-state index in [2.05, 4.69) is 16.8 Å². The molecular weight excluding hydrogens is 355 g/mol. The minimum Gasteiger partial charge on any atom is -0.298 e. The lowest BCUT2D eigenvalue weighted by molar-refractivity contribution is -0.384. The summed E-state index contributed by atoms with van der Waals surface area (Å²) in [5.41, 5.74) is 1.21. The van der Waals surface area contributed by atoms with E-state index in [1.54, 1.807) is 34.9 Å². The number of nitrogens with zero attached hydrogens (tertiary/aromatic N) is 4. The van der Waals surface area contributed by atoms with E-state index in [0.29, 0.717) is 28.8 Å². The molecule has 0 unspecified atom stereocenters. The zero-order valence-corrected chi connectivity index (χ0v) is 14.5. The molecule has 0 radical (unpaired) electrons. The number of nitro groups is 1. The molecule has 3 aromatic rings. The minimum absolute atomic E-state index is 0.0442. The normalized spacial score (nSPS) is 10.7. The second-order valence-electron chi connectivity index (χ2n) is 5.40. The molecule has 2 aromatic carbocycles. The van der Waals surface area contributed by atoms with Crippen LogP contribution in [0.3, 0.4) is 0 Å². The highest BCUT2D eigenvalue weighted by Gasteiger charge is 2.16. The van der Waals surface area contributed by atoms with Crippen molar-refractivity contribution in [1.29, 1.82) is 0 Å². The molecule has 0 saturated heterocycles. The molecule has 0 aliphatic heterocycles. The summed E-state index contributed by atoms with van der Waals surface area (Å²) in [5.74, 6) is 0.527. The number of nitro benzene ring substituents is 1. The molecule has 6 nitrogen and oxygen atoms in total. The van der Waals surface area contributed by atoms with Crippen molar-refractivity contribution in [3.63, 3.8) is 0 Å². The zero-order chi connectivity index (χ0) is 18.5. The fraction of sp³-hybridized carbons (Fsp3) is 0.111. The number of halogens is 1. The van der Waals surface area contributed by atoms with Crippen LogP contribution in [-0.2, 0) is 12.3 Å². The van der Waals surface area contributed by atoms with Crippen LogP contribution >= 0.6 is 11.8 Å². The minimum atomic E-state index is -0.426. The Hall–Kier alpha value is -3.00. The van der Waals surface area contributed by atoms with Gasteiger partial charge in [-0.3, -0.25) is 14.7 Å². The third kappa shape index (κ3) is 3.80. The lowest BCUT2D eigenvalue weighted by Crippen LogP contribution is -2.01. The van der Waals surface area contributed by atoms with Crippen LogP contribution in [0.5, 0.6) is 0 Å². The van der Waals surface area contributed by atoms with Crippen LogP contribution < -0.4 is 0 Å². The predicted molar refractivity (Wildman–Crippen MR) is 98.3 cm³/mol. The Balaban J connectivity index is 1.87. The Morgan fingerprint density at radius 2 is 2.04 bits per heavy atom. The molecule has 0 spiro atoms. The van der Waals surface area contributed by atoms with Gasteiger partial charge in [0.05, 0.1) is 10.5 Å². The van der Waals surface area contributed by atoms with Crippen LogP contribution in [0.15, 0.2) is 66.3 Å². The highest BCUT2D eigenvalue weighted by atomic mass is 32.2. The molecular formula is C18H15FN4O2S. The second kappa shape index (κ2) is 7.92. The van der Waals surface area contributed by atoms with Crippen molar-refractivity contribution < 1.29 is 9.31 Å². The Morgan fingerprint density at radius 3 is 2.77 bits per heavy atom. The average Bonchev–Trinajstić information content (AvgIpc) is 3.03. The summed E-state index contributed by atoms with van der Waals surface area (Å²) in [4.78, 5) is 10.5. The maximum atomic E-state index is 14.1. The van der Waals surface area contributed by atoms with E-state index in [1.165, 1.54) is 30.0 Å². The molecule has 1 aromatic heterocycles. The number of thioether (sulfide) groups is 1. The zero-order valence-electron chi connectivity index (χ0n) is 13.7. The molecule has 26 heavy (non-hydrogen) atoms. The number of benzene rings is 2. The lowest BCUT2D eigenvalue weighted by atomic mass is 10.2. The first-order chi connectivity index (χ1) is 12.6. The summed E-state index contributed by atoms with van der Waals surface area (Å²) in [5, 5.41) is 19.7. The number of hydrogen-bond donors (Lipinski definition) is 0. The standard InChI is InChI=1S/C18H15FN4O2S/c1-2-10-22-17(15-8-3-4-9-16(15)19)20-21-18(22)26-12-13-6-5-7-14(11-13)23(24)25/h2-9,11H,1,10,12H2. The third-order valence-electron chi connectivity index (χ3n) is 3.63. The summed E-state index contributed by atoms with van der Waals surface area (Å²) < 4.78 is 15.9. The molecule has 0 saturated carbocycles. The summed E-state index contributed by atoms with van der Waals surface area (Å²) in [6.07, 6.45) is 1.69. The van der Waals surface area contributed by atoms with Crippen molar-refractivity contribution in [3.05, 3.63) is 82.7 Å². The third-order valence-corrected chi connectivity index (χ3v) is 4.67. The van der Waals surface area contributed by atoms with Gasteiger partial charge in [0, 0.05) is 24.4 Å². The van der Waals surface area contributed by atoms with Crippen molar-refractivity contribution >= 4 is 17.4 Å². The number of allylic oxidation sites excluding steroid dienone is 1. The summed E-state index contributed by atoms with van der Waals surface area (Å²) >= 11 is 1.38. The molecule has 0 atom stereocenters. The van der Waals surface area contributed by atoms with Gasteiger partial charge in [0.1, 0.15) is 5.82 Å². The monoisotopic (exact) mass is 370 g/mol. The van der Waals surface area contributed by atoms with Gasteiger partial charge in [-0.1, -0.05) is 42.1 Å². The van der Waals surface area contributed by atoms with E-state index >= 15 is 0 Å².